The predicted octanol–water partition coefficient (Wildman–Crippen LogP) is 5.49. The van der Waals surface area contributed by atoms with Crippen molar-refractivity contribution in [3.8, 4) is 0 Å². The summed E-state index contributed by atoms with van der Waals surface area (Å²) >= 11 is 2.68. The van der Waals surface area contributed by atoms with Crippen LogP contribution in [0.15, 0.2) is 58.5 Å². The average Bonchev–Trinajstić information content (AvgIpc) is 3.52. The molecule has 0 saturated heterocycles. The van der Waals surface area contributed by atoms with Gasteiger partial charge in [-0.15, -0.1) is 11.3 Å². The lowest BCUT2D eigenvalue weighted by atomic mass is 10.2. The second kappa shape index (κ2) is 11.5. The minimum absolute atomic E-state index is 0.0302. The maximum atomic E-state index is 13.6. The first-order valence-corrected chi connectivity index (χ1v) is 14.5. The Morgan fingerprint density at radius 3 is 2.73 bits per heavy atom. The Morgan fingerprint density at radius 2 is 1.92 bits per heavy atom. The van der Waals surface area contributed by atoms with E-state index in [2.05, 4.69) is 10.6 Å². The van der Waals surface area contributed by atoms with E-state index in [0.717, 1.165) is 34.2 Å². The Kier molecular flexibility index (Phi) is 7.90. The third-order valence-corrected chi connectivity index (χ3v) is 8.71. The van der Waals surface area contributed by atoms with Crippen molar-refractivity contribution in [3.63, 3.8) is 0 Å². The molecule has 1 saturated carbocycles. The highest BCUT2D eigenvalue weighted by molar-refractivity contribution is 7.99. The van der Waals surface area contributed by atoms with Gasteiger partial charge in [-0.3, -0.25) is 19.0 Å². The van der Waals surface area contributed by atoms with E-state index in [0.29, 0.717) is 34.8 Å². The number of anilines is 1. The number of thiophene rings is 1. The Balaban J connectivity index is 1.35. The third kappa shape index (κ3) is 6.05. The second-order valence-electron chi connectivity index (χ2n) is 9.49. The Bertz CT molecular complexity index is 1500. The summed E-state index contributed by atoms with van der Waals surface area (Å²) < 4.78 is 3.24. The van der Waals surface area contributed by atoms with E-state index < -0.39 is 0 Å². The van der Waals surface area contributed by atoms with Crippen LogP contribution in [-0.4, -0.2) is 33.2 Å². The average molecular weight is 535 g/mol. The van der Waals surface area contributed by atoms with Gasteiger partial charge in [0.25, 0.3) is 5.56 Å². The van der Waals surface area contributed by atoms with Gasteiger partial charge in [0.05, 0.1) is 11.3 Å². The number of nitrogens with zero attached hydrogens (tertiary/aromatic N) is 2. The lowest BCUT2D eigenvalue weighted by Crippen LogP contribution is -2.32. The van der Waals surface area contributed by atoms with Crippen molar-refractivity contribution in [2.75, 3.05) is 11.1 Å². The van der Waals surface area contributed by atoms with Gasteiger partial charge in [-0.05, 0) is 49.9 Å². The fraction of sp³-hybridized carbons (Fsp3) is 0.357. The van der Waals surface area contributed by atoms with E-state index in [1.807, 2.05) is 55.5 Å². The van der Waals surface area contributed by atoms with Crippen LogP contribution in [0, 0.1) is 6.92 Å². The molecular weight excluding hydrogens is 504 g/mol. The molecule has 192 valence electrons. The molecule has 2 aromatic carbocycles. The number of carbonyl (C=O) groups is 2. The van der Waals surface area contributed by atoms with Crippen LogP contribution in [0.1, 0.15) is 44.1 Å². The number of hydrogen-bond acceptors (Lipinski definition) is 6. The van der Waals surface area contributed by atoms with E-state index in [4.69, 9.17) is 4.98 Å². The van der Waals surface area contributed by atoms with Gasteiger partial charge in [0, 0.05) is 34.8 Å². The van der Waals surface area contributed by atoms with Crippen molar-refractivity contribution in [3.05, 3.63) is 64.4 Å². The first kappa shape index (κ1) is 25.5. The maximum Gasteiger partial charge on any atom is 0.272 e. The fourth-order valence-corrected chi connectivity index (χ4v) is 6.69. The van der Waals surface area contributed by atoms with Gasteiger partial charge in [0.2, 0.25) is 11.8 Å². The first-order valence-electron chi connectivity index (χ1n) is 12.7. The number of rotatable bonds is 9. The molecule has 0 atom stereocenters. The lowest BCUT2D eigenvalue weighted by molar-refractivity contribution is -0.122. The van der Waals surface area contributed by atoms with Crippen LogP contribution in [0.25, 0.3) is 20.3 Å². The molecule has 0 radical (unpaired) electrons. The quantitative estimate of drug-likeness (QED) is 0.219. The van der Waals surface area contributed by atoms with Crippen LogP contribution in [0.5, 0.6) is 0 Å². The highest BCUT2D eigenvalue weighted by atomic mass is 32.2. The molecule has 37 heavy (non-hydrogen) atoms. The van der Waals surface area contributed by atoms with E-state index in [1.54, 1.807) is 4.57 Å². The van der Waals surface area contributed by atoms with Crippen molar-refractivity contribution in [1.82, 2.24) is 14.9 Å². The lowest BCUT2D eigenvalue weighted by Gasteiger charge is -2.14. The standard InChI is InChI=1S/C28H30N4O3S2/c1-18-8-6-11-20(16-18)30-24(34)17-36-28-31-25-21-12-4-5-13-22(21)37-26(25)27(35)32(28)15-7-14-23(33)29-19-9-2-3-10-19/h4-6,8,11-13,16,19H,2-3,7,9-10,14-15,17H2,1H3,(H,29,33)(H,30,34). The smallest absolute Gasteiger partial charge is 0.272 e. The van der Waals surface area contributed by atoms with Gasteiger partial charge in [0.15, 0.2) is 5.16 Å². The van der Waals surface area contributed by atoms with Gasteiger partial charge < -0.3 is 10.6 Å². The summed E-state index contributed by atoms with van der Waals surface area (Å²) in [5, 5.41) is 7.46. The van der Waals surface area contributed by atoms with Crippen LogP contribution < -0.4 is 16.2 Å². The minimum Gasteiger partial charge on any atom is -0.353 e. The van der Waals surface area contributed by atoms with Gasteiger partial charge in [-0.2, -0.15) is 0 Å². The van der Waals surface area contributed by atoms with Gasteiger partial charge >= 0.3 is 0 Å². The monoisotopic (exact) mass is 534 g/mol. The summed E-state index contributed by atoms with van der Waals surface area (Å²) in [5.74, 6) is -0.0129. The van der Waals surface area contributed by atoms with Crippen LogP contribution in [0.3, 0.4) is 0 Å². The van der Waals surface area contributed by atoms with Crippen molar-refractivity contribution >= 4 is 60.9 Å². The molecule has 1 aliphatic carbocycles. The topological polar surface area (TPSA) is 93.1 Å². The zero-order chi connectivity index (χ0) is 25.8. The highest BCUT2D eigenvalue weighted by Gasteiger charge is 2.19. The van der Waals surface area contributed by atoms with Gasteiger partial charge in [-0.1, -0.05) is 54.9 Å². The largest absolute Gasteiger partial charge is 0.353 e. The SMILES string of the molecule is Cc1cccc(NC(=O)CSc2nc3c(sc4ccccc43)c(=O)n2CCCC(=O)NC2CCCC2)c1. The molecule has 5 rings (SSSR count). The van der Waals surface area contributed by atoms with Crippen molar-refractivity contribution < 1.29 is 9.59 Å². The summed E-state index contributed by atoms with van der Waals surface area (Å²) in [6, 6.07) is 15.8. The number of hydrogen-bond donors (Lipinski definition) is 2. The van der Waals surface area contributed by atoms with Gasteiger partial charge in [0.1, 0.15) is 4.70 Å². The number of nitrogens with one attached hydrogen (secondary N) is 2. The molecule has 0 bridgehead atoms. The number of thioether (sulfide) groups is 1. The van der Waals surface area contributed by atoms with E-state index in [1.165, 1.54) is 35.9 Å². The third-order valence-electron chi connectivity index (χ3n) is 6.59. The molecule has 2 aromatic heterocycles. The number of fused-ring (bicyclic) bond motifs is 3. The molecule has 1 fully saturated rings. The number of aryl methyl sites for hydroxylation is 1. The van der Waals surface area contributed by atoms with Crippen LogP contribution in [-0.2, 0) is 16.1 Å². The van der Waals surface area contributed by atoms with E-state index in [-0.39, 0.29) is 29.2 Å². The van der Waals surface area contributed by atoms with Gasteiger partial charge in [-0.25, -0.2) is 4.98 Å². The summed E-state index contributed by atoms with van der Waals surface area (Å²) in [6.45, 7) is 2.34. The molecule has 0 unspecified atom stereocenters. The Morgan fingerprint density at radius 1 is 1.11 bits per heavy atom. The fourth-order valence-electron chi connectivity index (χ4n) is 4.78. The number of aromatic nitrogens is 2. The van der Waals surface area contributed by atoms with Crippen molar-refractivity contribution in [2.45, 2.75) is 63.2 Å². The molecule has 4 aromatic rings. The highest BCUT2D eigenvalue weighted by Crippen LogP contribution is 2.32. The normalized spacial score (nSPS) is 13.9. The Labute approximate surface area is 223 Å². The number of benzene rings is 2. The van der Waals surface area contributed by atoms with Crippen LogP contribution in [0.2, 0.25) is 0 Å². The summed E-state index contributed by atoms with van der Waals surface area (Å²) in [4.78, 5) is 43.5. The Hall–Kier alpha value is -3.17. The van der Waals surface area contributed by atoms with E-state index in [9.17, 15) is 14.4 Å². The molecular formula is C28H30N4O3S2. The van der Waals surface area contributed by atoms with Crippen LogP contribution in [0.4, 0.5) is 5.69 Å². The van der Waals surface area contributed by atoms with Crippen molar-refractivity contribution in [1.29, 1.82) is 0 Å². The number of carbonyl (C=O) groups excluding carboxylic acids is 2. The maximum absolute atomic E-state index is 13.6. The molecule has 9 heteroatoms. The molecule has 0 spiro atoms. The second-order valence-corrected chi connectivity index (χ2v) is 11.5. The van der Waals surface area contributed by atoms with Crippen LogP contribution >= 0.6 is 23.1 Å². The minimum atomic E-state index is -0.164. The summed E-state index contributed by atoms with van der Waals surface area (Å²) in [6.07, 6.45) is 5.30. The predicted molar refractivity (Wildman–Crippen MR) is 152 cm³/mol. The molecule has 2 heterocycles. The zero-order valence-corrected chi connectivity index (χ0v) is 22.4. The molecule has 2 amide bonds. The zero-order valence-electron chi connectivity index (χ0n) is 20.8. The number of amides is 2. The molecule has 0 aliphatic heterocycles. The molecule has 7 nitrogen and oxygen atoms in total. The molecule has 1 aliphatic rings. The van der Waals surface area contributed by atoms with E-state index >= 15 is 0 Å². The van der Waals surface area contributed by atoms with Crippen molar-refractivity contribution in [2.24, 2.45) is 0 Å². The molecule has 2 N–H and O–H groups in total. The first-order chi connectivity index (χ1) is 18.0. The summed E-state index contributed by atoms with van der Waals surface area (Å²) in [5.41, 5.74) is 2.35. The summed E-state index contributed by atoms with van der Waals surface area (Å²) in [7, 11) is 0.